The Kier molecular flexibility index (Phi) is 9.95. The van der Waals surface area contributed by atoms with Crippen molar-refractivity contribution in [2.45, 2.75) is 62.9 Å². The Bertz CT molecular complexity index is 3060. The molecule has 6 aromatic rings. The van der Waals surface area contributed by atoms with Crippen molar-refractivity contribution in [3.8, 4) is 5.69 Å². The number of hydrogen-bond acceptors (Lipinski definition) is 11. The van der Waals surface area contributed by atoms with Gasteiger partial charge in [-0.2, -0.15) is 37.1 Å². The average Bonchev–Trinajstić information content (AvgIpc) is 3.40. The van der Waals surface area contributed by atoms with E-state index in [1.807, 2.05) is 18.7 Å². The van der Waals surface area contributed by atoms with Gasteiger partial charge in [0.05, 0.1) is 46.1 Å². The van der Waals surface area contributed by atoms with Crippen LogP contribution in [0.3, 0.4) is 0 Å². The van der Waals surface area contributed by atoms with Gasteiger partial charge >= 0.3 is 6.18 Å². The predicted molar refractivity (Wildman–Crippen MR) is 216 cm³/mol. The molecule has 2 aliphatic carbocycles. The standard InChI is InChI=1S/C38H34ClF7N10O5S2/c1-36(2)15-54(7-8-61-36)35-49-32-28(62-35)34(58)56(23-6-5-21(39)26-27(23)53(3)51-31(26)52-63(4,59)60)33(48-32)22(11-16-9-17(40)12-18(41)10-16)47-24(57)14-55-30-25(29(50-55)38(44,45)46)19-13-20(19)37(30,42)43/h5-6,9-10,12,19-20,22H,7-8,11,13-15H2,1-4H3,(H,47,57)(H,51,52)/t19-,20+,22-/m0/s1. The normalized spacial score (nSPS) is 19.7. The molecule has 25 heteroatoms. The predicted octanol–water partition coefficient (Wildman–Crippen LogP) is 6.17. The largest absolute Gasteiger partial charge is 0.435 e. The maximum Gasteiger partial charge on any atom is 0.435 e. The third kappa shape index (κ3) is 7.66. The third-order valence-corrected chi connectivity index (χ3v) is 13.1. The number of aryl methyl sites for hydroxylation is 1. The van der Waals surface area contributed by atoms with Crippen LogP contribution in [0.25, 0.3) is 26.9 Å². The van der Waals surface area contributed by atoms with E-state index < -0.39 is 98.6 Å². The molecule has 3 aliphatic rings. The molecule has 2 aromatic carbocycles. The van der Waals surface area contributed by atoms with Crippen LogP contribution >= 0.6 is 22.9 Å². The minimum Gasteiger partial charge on any atom is -0.372 e. The Morgan fingerprint density at radius 3 is 2.49 bits per heavy atom. The van der Waals surface area contributed by atoms with Gasteiger partial charge in [0, 0.05) is 44.1 Å². The number of morpholine rings is 1. The van der Waals surface area contributed by atoms with E-state index in [1.165, 1.54) is 23.9 Å². The molecule has 2 N–H and O–H groups in total. The number of rotatable bonds is 10. The van der Waals surface area contributed by atoms with Gasteiger partial charge in [-0.05, 0) is 56.0 Å². The maximum atomic E-state index is 15.5. The third-order valence-electron chi connectivity index (χ3n) is 11.1. The minimum atomic E-state index is -5.12. The number of nitrogens with zero attached hydrogens (tertiary/aromatic N) is 8. The fourth-order valence-corrected chi connectivity index (χ4v) is 10.3. The van der Waals surface area contributed by atoms with Crippen LogP contribution in [0.15, 0.2) is 35.1 Å². The van der Waals surface area contributed by atoms with E-state index >= 15 is 13.6 Å². The molecular formula is C38H34ClF7N10O5S2. The first-order valence-corrected chi connectivity index (χ1v) is 22.2. The van der Waals surface area contributed by atoms with Crippen LogP contribution in [-0.2, 0) is 51.7 Å². The van der Waals surface area contributed by atoms with Crippen molar-refractivity contribution in [3.05, 3.63) is 85.7 Å². The number of hydrogen-bond donors (Lipinski definition) is 2. The Morgan fingerprint density at radius 2 is 1.83 bits per heavy atom. The first-order valence-electron chi connectivity index (χ1n) is 19.2. The monoisotopic (exact) mass is 942 g/mol. The molecule has 9 rings (SSSR count). The molecule has 0 spiro atoms. The van der Waals surface area contributed by atoms with Gasteiger partial charge in [-0.3, -0.25) is 28.2 Å². The number of benzene rings is 2. The number of nitrogens with one attached hydrogen (secondary N) is 2. The smallest absolute Gasteiger partial charge is 0.372 e. The van der Waals surface area contributed by atoms with Crippen molar-refractivity contribution in [2.75, 3.05) is 35.6 Å². The lowest BCUT2D eigenvalue weighted by molar-refractivity contribution is -0.142. The van der Waals surface area contributed by atoms with E-state index in [0.29, 0.717) is 35.6 Å². The van der Waals surface area contributed by atoms with Gasteiger partial charge in [-0.25, -0.2) is 22.2 Å². The molecule has 3 atom stereocenters. The fraction of sp³-hybridized carbons (Fsp3) is 0.421. The molecule has 2 fully saturated rings. The number of amides is 1. The number of fused-ring (bicyclic) bond motifs is 5. The highest BCUT2D eigenvalue weighted by Gasteiger charge is 2.68. The number of thiazole rings is 1. The van der Waals surface area contributed by atoms with Gasteiger partial charge in [0.1, 0.15) is 34.4 Å². The van der Waals surface area contributed by atoms with Crippen molar-refractivity contribution in [2.24, 2.45) is 13.0 Å². The highest BCUT2D eigenvalue weighted by Crippen LogP contribution is 2.68. The van der Waals surface area contributed by atoms with Gasteiger partial charge in [0.15, 0.2) is 22.3 Å². The van der Waals surface area contributed by atoms with E-state index in [1.54, 1.807) is 0 Å². The number of alkyl halides is 5. The molecule has 334 valence electrons. The lowest BCUT2D eigenvalue weighted by Crippen LogP contribution is -2.48. The average molecular weight is 943 g/mol. The molecule has 63 heavy (non-hydrogen) atoms. The molecule has 0 radical (unpaired) electrons. The Morgan fingerprint density at radius 1 is 1.11 bits per heavy atom. The summed E-state index contributed by atoms with van der Waals surface area (Å²) < 4.78 is 138. The zero-order valence-corrected chi connectivity index (χ0v) is 35.7. The van der Waals surface area contributed by atoms with E-state index in [2.05, 4.69) is 25.2 Å². The molecule has 4 aromatic heterocycles. The molecular weight excluding hydrogens is 909 g/mol. The SMILES string of the molecule is Cn1nc(NS(C)(=O)=O)c2c(Cl)ccc(-n3c([C@H](Cc4cc(F)cc(F)c4)NC(=O)Cn4nc(C(F)(F)F)c5c4C(F)(F)[C@@H]4C[C@H]54)nc4nc(N5CCOC(C)(C)C5)sc4c3=O)c21. The Labute approximate surface area is 360 Å². The molecule has 1 saturated heterocycles. The first-order chi connectivity index (χ1) is 29.4. The second-order valence-corrected chi connectivity index (χ2v) is 19.5. The second-order valence-electron chi connectivity index (χ2n) is 16.4. The van der Waals surface area contributed by atoms with E-state index in [4.69, 9.17) is 21.3 Å². The molecule has 0 bridgehead atoms. The number of sulfonamides is 1. The van der Waals surface area contributed by atoms with Gasteiger partial charge in [-0.15, -0.1) is 0 Å². The van der Waals surface area contributed by atoms with Crippen LogP contribution in [0.1, 0.15) is 60.6 Å². The maximum absolute atomic E-state index is 15.5. The van der Waals surface area contributed by atoms with Crippen LogP contribution in [0.2, 0.25) is 5.02 Å². The zero-order valence-electron chi connectivity index (χ0n) is 33.3. The Balaban J connectivity index is 1.24. The fourth-order valence-electron chi connectivity index (χ4n) is 8.59. The summed E-state index contributed by atoms with van der Waals surface area (Å²) in [6.07, 6.45) is -4.94. The number of carbonyl (C=O) groups excluding carboxylic acids is 1. The summed E-state index contributed by atoms with van der Waals surface area (Å²) in [6.45, 7) is 3.68. The van der Waals surface area contributed by atoms with E-state index in [9.17, 15) is 35.2 Å². The summed E-state index contributed by atoms with van der Waals surface area (Å²) >= 11 is 7.61. The minimum absolute atomic E-state index is 0.00570. The van der Waals surface area contributed by atoms with Crippen molar-refractivity contribution in [3.63, 3.8) is 0 Å². The van der Waals surface area contributed by atoms with Gasteiger partial charge < -0.3 is 15.0 Å². The van der Waals surface area contributed by atoms with Crippen LogP contribution in [-0.4, -0.2) is 80.0 Å². The van der Waals surface area contributed by atoms with Crippen molar-refractivity contribution in [1.29, 1.82) is 0 Å². The van der Waals surface area contributed by atoms with E-state index in [0.717, 1.165) is 34.3 Å². The van der Waals surface area contributed by atoms with Crippen LogP contribution < -0.4 is 20.5 Å². The zero-order chi connectivity index (χ0) is 45.3. The molecule has 1 amide bonds. The second kappa shape index (κ2) is 14.6. The van der Waals surface area contributed by atoms with Gasteiger partial charge in [0.2, 0.25) is 15.9 Å². The quantitative estimate of drug-likeness (QED) is 0.152. The molecule has 15 nitrogen and oxygen atoms in total. The van der Waals surface area contributed by atoms with Crippen molar-refractivity contribution >= 4 is 71.1 Å². The number of halogens is 8. The highest BCUT2D eigenvalue weighted by atomic mass is 35.5. The highest BCUT2D eigenvalue weighted by molar-refractivity contribution is 7.92. The summed E-state index contributed by atoms with van der Waals surface area (Å²) in [5, 5.41) is 10.7. The summed E-state index contributed by atoms with van der Waals surface area (Å²) in [4.78, 5) is 40.5. The molecule has 1 saturated carbocycles. The lowest BCUT2D eigenvalue weighted by atomic mass is 10.0. The lowest BCUT2D eigenvalue weighted by Gasteiger charge is -2.37. The topological polar surface area (TPSA) is 171 Å². The summed E-state index contributed by atoms with van der Waals surface area (Å²) in [6, 6.07) is 3.61. The van der Waals surface area contributed by atoms with Gasteiger partial charge in [0.25, 0.3) is 11.5 Å². The Hall–Kier alpha value is -5.33. The van der Waals surface area contributed by atoms with Gasteiger partial charge in [-0.1, -0.05) is 22.9 Å². The molecule has 1 aliphatic heterocycles. The number of carbonyl (C=O) groups is 1. The van der Waals surface area contributed by atoms with E-state index in [-0.39, 0.29) is 55.6 Å². The summed E-state index contributed by atoms with van der Waals surface area (Å²) in [7, 11) is -2.50. The summed E-state index contributed by atoms with van der Waals surface area (Å²) in [5.74, 6) is -9.95. The van der Waals surface area contributed by atoms with Crippen molar-refractivity contribution in [1.82, 2.24) is 39.4 Å². The first kappa shape index (κ1) is 42.9. The van der Waals surface area contributed by atoms with Crippen LogP contribution in [0.4, 0.5) is 41.7 Å². The number of aromatic nitrogens is 7. The number of ether oxygens (including phenoxy) is 1. The van der Waals surface area contributed by atoms with Crippen LogP contribution in [0, 0.1) is 17.6 Å². The van der Waals surface area contributed by atoms with Crippen LogP contribution in [0.5, 0.6) is 0 Å². The number of anilines is 2. The molecule has 0 unspecified atom stereocenters. The summed E-state index contributed by atoms with van der Waals surface area (Å²) in [5.41, 5.74) is -4.77. The molecule has 5 heterocycles. The van der Waals surface area contributed by atoms with Crippen molar-refractivity contribution < 1.29 is 48.7 Å².